The molecule has 1 fully saturated rings. The number of ether oxygens (including phenoxy) is 2. The second-order valence-corrected chi connectivity index (χ2v) is 5.68. The molecule has 2 N–H and O–H groups in total. The van der Waals surface area contributed by atoms with Crippen LogP contribution >= 0.6 is 11.8 Å². The van der Waals surface area contributed by atoms with Crippen molar-refractivity contribution in [3.05, 3.63) is 17.9 Å². The number of benzene rings is 1. The van der Waals surface area contributed by atoms with Gasteiger partial charge in [-0.3, -0.25) is 0 Å². The number of nitrogen functional groups attached to an aromatic ring is 1. The van der Waals surface area contributed by atoms with Gasteiger partial charge in [0.2, 0.25) is 0 Å². The van der Waals surface area contributed by atoms with Crippen LogP contribution in [0.1, 0.15) is 26.2 Å². The third-order valence-electron chi connectivity index (χ3n) is 2.97. The average Bonchev–Trinajstić information content (AvgIpc) is 2.90. The summed E-state index contributed by atoms with van der Waals surface area (Å²) >= 11 is 1.60. The Labute approximate surface area is 117 Å². The van der Waals surface area contributed by atoms with Crippen molar-refractivity contribution in [1.29, 1.82) is 0 Å². The number of thioether (sulfide) groups is 1. The van der Waals surface area contributed by atoms with E-state index >= 15 is 0 Å². The smallest absolute Gasteiger partial charge is 0.167 e. The van der Waals surface area contributed by atoms with Crippen LogP contribution in [0.4, 0.5) is 10.1 Å². The highest BCUT2D eigenvalue weighted by Crippen LogP contribution is 2.33. The van der Waals surface area contributed by atoms with Gasteiger partial charge in [-0.05, 0) is 25.3 Å². The molecule has 0 bridgehead atoms. The lowest BCUT2D eigenvalue weighted by Crippen LogP contribution is -2.08. The van der Waals surface area contributed by atoms with E-state index < -0.39 is 5.82 Å². The standard InChI is InChI=1S/C14H20FNO2S/c1-2-5-18-13-8-14(12(16)7-11(13)15)19-9-10-4-3-6-17-10/h7-8,10H,2-6,9,16H2,1H3. The van der Waals surface area contributed by atoms with E-state index in [0.717, 1.165) is 36.5 Å². The maximum absolute atomic E-state index is 13.7. The lowest BCUT2D eigenvalue weighted by Gasteiger charge is -2.13. The summed E-state index contributed by atoms with van der Waals surface area (Å²) in [6.07, 6.45) is 3.35. The summed E-state index contributed by atoms with van der Waals surface area (Å²) < 4.78 is 24.6. The highest BCUT2D eigenvalue weighted by Gasteiger charge is 2.17. The number of halogens is 1. The maximum Gasteiger partial charge on any atom is 0.167 e. The number of anilines is 1. The van der Waals surface area contributed by atoms with Crippen LogP contribution < -0.4 is 10.5 Å². The van der Waals surface area contributed by atoms with Gasteiger partial charge in [0.25, 0.3) is 0 Å². The Morgan fingerprint density at radius 2 is 2.37 bits per heavy atom. The van der Waals surface area contributed by atoms with Gasteiger partial charge in [-0.15, -0.1) is 11.8 Å². The van der Waals surface area contributed by atoms with Crippen LogP contribution in [0.2, 0.25) is 0 Å². The average molecular weight is 285 g/mol. The van der Waals surface area contributed by atoms with E-state index in [1.807, 2.05) is 6.92 Å². The van der Waals surface area contributed by atoms with Gasteiger partial charge in [0, 0.05) is 29.0 Å². The fourth-order valence-corrected chi connectivity index (χ4v) is 3.00. The van der Waals surface area contributed by atoms with Gasteiger partial charge in [-0.2, -0.15) is 0 Å². The summed E-state index contributed by atoms with van der Waals surface area (Å²) in [6, 6.07) is 3.03. The topological polar surface area (TPSA) is 44.5 Å². The highest BCUT2D eigenvalue weighted by atomic mass is 32.2. The Morgan fingerprint density at radius 1 is 1.53 bits per heavy atom. The predicted octanol–water partition coefficient (Wildman–Crippen LogP) is 3.47. The molecule has 0 saturated carbocycles. The van der Waals surface area contributed by atoms with Crippen molar-refractivity contribution in [2.45, 2.75) is 37.2 Å². The molecule has 2 rings (SSSR count). The molecule has 0 aromatic heterocycles. The molecule has 1 saturated heterocycles. The van der Waals surface area contributed by atoms with Crippen LogP contribution in [0.15, 0.2) is 17.0 Å². The fraction of sp³-hybridized carbons (Fsp3) is 0.571. The Kier molecular flexibility index (Phi) is 5.34. The zero-order valence-corrected chi connectivity index (χ0v) is 12.0. The Hall–Kier alpha value is -0.940. The third kappa shape index (κ3) is 4.01. The van der Waals surface area contributed by atoms with E-state index in [2.05, 4.69) is 0 Å². The minimum absolute atomic E-state index is 0.283. The van der Waals surface area contributed by atoms with E-state index in [1.54, 1.807) is 17.8 Å². The van der Waals surface area contributed by atoms with Gasteiger partial charge >= 0.3 is 0 Å². The number of rotatable bonds is 6. The van der Waals surface area contributed by atoms with E-state index in [1.165, 1.54) is 6.07 Å². The van der Waals surface area contributed by atoms with E-state index in [0.29, 0.717) is 12.3 Å². The van der Waals surface area contributed by atoms with Crippen molar-refractivity contribution in [1.82, 2.24) is 0 Å². The minimum atomic E-state index is -0.396. The fourth-order valence-electron chi connectivity index (χ4n) is 1.96. The second-order valence-electron chi connectivity index (χ2n) is 4.61. The van der Waals surface area contributed by atoms with Gasteiger partial charge in [-0.1, -0.05) is 6.92 Å². The number of nitrogens with two attached hydrogens (primary N) is 1. The molecule has 19 heavy (non-hydrogen) atoms. The molecule has 0 radical (unpaired) electrons. The SMILES string of the molecule is CCCOc1cc(SCC2CCCO2)c(N)cc1F. The zero-order chi connectivity index (χ0) is 13.7. The van der Waals surface area contributed by atoms with Crippen molar-refractivity contribution in [2.24, 2.45) is 0 Å². The van der Waals surface area contributed by atoms with Crippen LogP contribution in [0.5, 0.6) is 5.75 Å². The lowest BCUT2D eigenvalue weighted by atomic mass is 10.3. The summed E-state index contributed by atoms with van der Waals surface area (Å²) in [6.45, 7) is 3.34. The van der Waals surface area contributed by atoms with E-state index in [-0.39, 0.29) is 11.9 Å². The number of hydrogen-bond acceptors (Lipinski definition) is 4. The molecule has 1 aliphatic rings. The predicted molar refractivity (Wildman–Crippen MR) is 76.3 cm³/mol. The zero-order valence-electron chi connectivity index (χ0n) is 11.2. The molecular formula is C14H20FNO2S. The molecule has 0 aliphatic carbocycles. The van der Waals surface area contributed by atoms with Gasteiger partial charge in [-0.25, -0.2) is 4.39 Å². The van der Waals surface area contributed by atoms with Crippen LogP contribution in [-0.2, 0) is 4.74 Å². The largest absolute Gasteiger partial charge is 0.490 e. The first-order valence-electron chi connectivity index (χ1n) is 6.67. The molecule has 1 unspecified atom stereocenters. The summed E-state index contributed by atoms with van der Waals surface area (Å²) in [5, 5.41) is 0. The van der Waals surface area contributed by atoms with Crippen molar-refractivity contribution in [2.75, 3.05) is 24.7 Å². The molecule has 1 atom stereocenters. The molecule has 0 spiro atoms. The van der Waals surface area contributed by atoms with E-state index in [4.69, 9.17) is 15.2 Å². The van der Waals surface area contributed by atoms with Gasteiger partial charge in [0.15, 0.2) is 11.6 Å². The first kappa shape index (κ1) is 14.5. The Balaban J connectivity index is 2.01. The second kappa shape index (κ2) is 7.01. The Bertz CT molecular complexity index is 422. The Morgan fingerprint density at radius 3 is 3.05 bits per heavy atom. The highest BCUT2D eigenvalue weighted by molar-refractivity contribution is 7.99. The van der Waals surface area contributed by atoms with Crippen LogP contribution in [-0.4, -0.2) is 25.1 Å². The van der Waals surface area contributed by atoms with Gasteiger partial charge < -0.3 is 15.2 Å². The number of hydrogen-bond donors (Lipinski definition) is 1. The summed E-state index contributed by atoms with van der Waals surface area (Å²) in [5.74, 6) is 0.738. The molecular weight excluding hydrogens is 265 g/mol. The van der Waals surface area contributed by atoms with Crippen molar-refractivity contribution >= 4 is 17.4 Å². The quantitative estimate of drug-likeness (QED) is 0.642. The van der Waals surface area contributed by atoms with Gasteiger partial charge in [0.1, 0.15) is 0 Å². The molecule has 106 valence electrons. The van der Waals surface area contributed by atoms with Crippen molar-refractivity contribution in [3.8, 4) is 5.75 Å². The van der Waals surface area contributed by atoms with Crippen LogP contribution in [0.25, 0.3) is 0 Å². The first-order chi connectivity index (χ1) is 9.20. The first-order valence-corrected chi connectivity index (χ1v) is 7.65. The monoisotopic (exact) mass is 285 g/mol. The maximum atomic E-state index is 13.7. The van der Waals surface area contributed by atoms with Crippen LogP contribution in [0.3, 0.4) is 0 Å². The molecule has 1 aromatic rings. The van der Waals surface area contributed by atoms with Crippen molar-refractivity contribution in [3.63, 3.8) is 0 Å². The summed E-state index contributed by atoms with van der Waals surface area (Å²) in [5.41, 5.74) is 6.31. The minimum Gasteiger partial charge on any atom is -0.490 e. The molecule has 1 heterocycles. The van der Waals surface area contributed by atoms with Gasteiger partial charge in [0.05, 0.1) is 12.7 Å². The third-order valence-corrected chi connectivity index (χ3v) is 4.18. The van der Waals surface area contributed by atoms with Crippen molar-refractivity contribution < 1.29 is 13.9 Å². The molecule has 5 heteroatoms. The molecule has 1 aliphatic heterocycles. The molecule has 3 nitrogen and oxygen atoms in total. The molecule has 0 amide bonds. The lowest BCUT2D eigenvalue weighted by molar-refractivity contribution is 0.129. The normalized spacial score (nSPS) is 18.7. The summed E-state index contributed by atoms with van der Waals surface area (Å²) in [7, 11) is 0. The summed E-state index contributed by atoms with van der Waals surface area (Å²) in [4.78, 5) is 0.864. The molecule has 1 aromatic carbocycles. The van der Waals surface area contributed by atoms with E-state index in [9.17, 15) is 4.39 Å². The van der Waals surface area contributed by atoms with Crippen LogP contribution in [0, 0.1) is 5.82 Å².